The van der Waals surface area contributed by atoms with Crippen LogP contribution in [0.25, 0.3) is 0 Å². The molecular formula is C11H13ClN2O. The summed E-state index contributed by atoms with van der Waals surface area (Å²) in [6, 6.07) is 7.25. The lowest BCUT2D eigenvalue weighted by atomic mass is 10.0. The normalized spacial score (nSPS) is 26.1. The van der Waals surface area contributed by atoms with Gasteiger partial charge in [-0.15, -0.1) is 0 Å². The second-order valence-electron chi connectivity index (χ2n) is 3.86. The molecule has 0 aromatic heterocycles. The first kappa shape index (κ1) is 10.5. The van der Waals surface area contributed by atoms with Gasteiger partial charge in [0.15, 0.2) is 0 Å². The van der Waals surface area contributed by atoms with Crippen LogP contribution in [0.3, 0.4) is 0 Å². The number of nitrogens with two attached hydrogens (primary N) is 1. The SMILES string of the molecule is CN1C(=O)[C@H](N)C[C@H]1c1cccc(Cl)c1. The lowest BCUT2D eigenvalue weighted by molar-refractivity contribution is -0.128. The topological polar surface area (TPSA) is 46.3 Å². The number of carbonyl (C=O) groups is 1. The van der Waals surface area contributed by atoms with Gasteiger partial charge in [0.2, 0.25) is 5.91 Å². The van der Waals surface area contributed by atoms with Crippen molar-refractivity contribution in [2.24, 2.45) is 5.73 Å². The monoisotopic (exact) mass is 224 g/mol. The third kappa shape index (κ3) is 1.85. The molecule has 80 valence electrons. The smallest absolute Gasteiger partial charge is 0.239 e. The largest absolute Gasteiger partial charge is 0.337 e. The summed E-state index contributed by atoms with van der Waals surface area (Å²) < 4.78 is 0. The predicted octanol–water partition coefficient (Wildman–Crippen LogP) is 1.57. The number of carbonyl (C=O) groups excluding carboxylic acids is 1. The van der Waals surface area contributed by atoms with Crippen LogP contribution in [-0.2, 0) is 4.79 Å². The maximum absolute atomic E-state index is 11.5. The number of hydrogen-bond donors (Lipinski definition) is 1. The van der Waals surface area contributed by atoms with Crippen LogP contribution in [0, 0.1) is 0 Å². The van der Waals surface area contributed by atoms with E-state index in [9.17, 15) is 4.79 Å². The van der Waals surface area contributed by atoms with Gasteiger partial charge < -0.3 is 10.6 Å². The first-order valence-electron chi connectivity index (χ1n) is 4.87. The molecule has 1 amide bonds. The van der Waals surface area contributed by atoms with Gasteiger partial charge >= 0.3 is 0 Å². The van der Waals surface area contributed by atoms with Gasteiger partial charge in [0.05, 0.1) is 12.1 Å². The molecule has 0 aliphatic carbocycles. The van der Waals surface area contributed by atoms with E-state index in [1.165, 1.54) is 0 Å². The molecule has 2 N–H and O–H groups in total. The summed E-state index contributed by atoms with van der Waals surface area (Å²) in [6.45, 7) is 0. The number of nitrogens with zero attached hydrogens (tertiary/aromatic N) is 1. The first-order chi connectivity index (χ1) is 7.09. The second-order valence-corrected chi connectivity index (χ2v) is 4.30. The van der Waals surface area contributed by atoms with Gasteiger partial charge in [-0.3, -0.25) is 4.79 Å². The molecule has 1 heterocycles. The Hall–Kier alpha value is -1.06. The molecule has 1 aromatic carbocycles. The molecule has 1 aliphatic rings. The Morgan fingerprint density at radius 2 is 2.27 bits per heavy atom. The van der Waals surface area contributed by atoms with Crippen molar-refractivity contribution < 1.29 is 4.79 Å². The molecule has 15 heavy (non-hydrogen) atoms. The highest BCUT2D eigenvalue weighted by Gasteiger charge is 2.35. The van der Waals surface area contributed by atoms with E-state index in [0.29, 0.717) is 11.4 Å². The molecule has 0 spiro atoms. The lowest BCUT2D eigenvalue weighted by Crippen LogP contribution is -2.31. The van der Waals surface area contributed by atoms with Gasteiger partial charge in [-0.2, -0.15) is 0 Å². The van der Waals surface area contributed by atoms with E-state index in [-0.39, 0.29) is 18.0 Å². The summed E-state index contributed by atoms with van der Waals surface area (Å²) in [5.74, 6) is -0.0000227. The van der Waals surface area contributed by atoms with Crippen LogP contribution in [0.2, 0.25) is 5.02 Å². The molecule has 0 saturated carbocycles. The van der Waals surface area contributed by atoms with E-state index in [1.807, 2.05) is 24.3 Å². The van der Waals surface area contributed by atoms with Crippen LogP contribution in [0.1, 0.15) is 18.0 Å². The zero-order valence-corrected chi connectivity index (χ0v) is 9.24. The molecule has 1 aliphatic heterocycles. The van der Waals surface area contributed by atoms with E-state index in [2.05, 4.69) is 0 Å². The molecule has 1 saturated heterocycles. The number of halogens is 1. The fourth-order valence-corrected chi connectivity index (χ4v) is 2.19. The number of likely N-dealkylation sites (N-methyl/N-ethyl adjacent to an activating group) is 1. The highest BCUT2D eigenvalue weighted by Crippen LogP contribution is 2.31. The molecule has 4 heteroatoms. The zero-order valence-electron chi connectivity index (χ0n) is 8.48. The summed E-state index contributed by atoms with van der Waals surface area (Å²) in [7, 11) is 1.78. The predicted molar refractivity (Wildman–Crippen MR) is 59.6 cm³/mol. The summed E-state index contributed by atoms with van der Waals surface area (Å²) in [6.07, 6.45) is 0.662. The molecule has 3 nitrogen and oxygen atoms in total. The van der Waals surface area contributed by atoms with Gasteiger partial charge in [-0.05, 0) is 24.1 Å². The Morgan fingerprint density at radius 3 is 2.80 bits per heavy atom. The molecule has 1 fully saturated rings. The molecular weight excluding hydrogens is 212 g/mol. The molecule has 0 radical (unpaired) electrons. The second kappa shape index (κ2) is 3.83. The Balaban J connectivity index is 2.29. The third-order valence-corrected chi connectivity index (χ3v) is 3.08. The third-order valence-electron chi connectivity index (χ3n) is 2.84. The maximum atomic E-state index is 11.5. The van der Waals surface area contributed by atoms with Gasteiger partial charge in [-0.1, -0.05) is 23.7 Å². The quantitative estimate of drug-likeness (QED) is 0.787. The van der Waals surface area contributed by atoms with Crippen LogP contribution in [0.5, 0.6) is 0 Å². The lowest BCUT2D eigenvalue weighted by Gasteiger charge is -2.19. The van der Waals surface area contributed by atoms with Crippen molar-refractivity contribution in [3.63, 3.8) is 0 Å². The molecule has 1 aromatic rings. The molecule has 0 unspecified atom stereocenters. The Labute approximate surface area is 93.8 Å². The van der Waals surface area contributed by atoms with Crippen molar-refractivity contribution in [1.29, 1.82) is 0 Å². The van der Waals surface area contributed by atoms with Gasteiger partial charge in [0.1, 0.15) is 0 Å². The highest BCUT2D eigenvalue weighted by molar-refractivity contribution is 6.30. The summed E-state index contributed by atoms with van der Waals surface area (Å²) in [4.78, 5) is 13.2. The minimum atomic E-state index is -0.376. The van der Waals surface area contributed by atoms with Crippen LogP contribution < -0.4 is 5.73 Å². The molecule has 0 bridgehead atoms. The van der Waals surface area contributed by atoms with E-state index in [0.717, 1.165) is 5.56 Å². The summed E-state index contributed by atoms with van der Waals surface area (Å²) in [5.41, 5.74) is 6.76. The number of rotatable bonds is 1. The number of amides is 1. The maximum Gasteiger partial charge on any atom is 0.239 e. The first-order valence-corrected chi connectivity index (χ1v) is 5.25. The average molecular weight is 225 g/mol. The Morgan fingerprint density at radius 1 is 1.53 bits per heavy atom. The van der Waals surface area contributed by atoms with Gasteiger partial charge in [0.25, 0.3) is 0 Å². The summed E-state index contributed by atoms with van der Waals surface area (Å²) in [5, 5.41) is 0.689. The fraction of sp³-hybridized carbons (Fsp3) is 0.364. The number of hydrogen-bond acceptors (Lipinski definition) is 2. The minimum Gasteiger partial charge on any atom is -0.337 e. The average Bonchev–Trinajstić information content (AvgIpc) is 2.46. The van der Waals surface area contributed by atoms with Crippen LogP contribution >= 0.6 is 11.6 Å². The highest BCUT2D eigenvalue weighted by atomic mass is 35.5. The van der Waals surface area contributed by atoms with E-state index in [1.54, 1.807) is 11.9 Å². The Kier molecular flexibility index (Phi) is 2.67. The number of benzene rings is 1. The Bertz CT molecular complexity index is 394. The van der Waals surface area contributed by atoms with E-state index in [4.69, 9.17) is 17.3 Å². The van der Waals surface area contributed by atoms with Crippen molar-refractivity contribution in [3.8, 4) is 0 Å². The fourth-order valence-electron chi connectivity index (χ4n) is 1.99. The van der Waals surface area contributed by atoms with Gasteiger partial charge in [0, 0.05) is 12.1 Å². The van der Waals surface area contributed by atoms with E-state index >= 15 is 0 Å². The van der Waals surface area contributed by atoms with Crippen molar-refractivity contribution >= 4 is 17.5 Å². The van der Waals surface area contributed by atoms with E-state index < -0.39 is 0 Å². The van der Waals surface area contributed by atoms with Crippen molar-refractivity contribution in [2.75, 3.05) is 7.05 Å². The van der Waals surface area contributed by atoms with Crippen molar-refractivity contribution in [1.82, 2.24) is 4.90 Å². The van der Waals surface area contributed by atoms with Crippen LogP contribution in [0.4, 0.5) is 0 Å². The van der Waals surface area contributed by atoms with Crippen LogP contribution in [-0.4, -0.2) is 23.9 Å². The van der Waals surface area contributed by atoms with Crippen molar-refractivity contribution in [2.45, 2.75) is 18.5 Å². The minimum absolute atomic E-state index is 0.0000227. The zero-order chi connectivity index (χ0) is 11.0. The summed E-state index contributed by atoms with van der Waals surface area (Å²) >= 11 is 5.91. The molecule has 2 atom stereocenters. The number of likely N-dealkylation sites (tertiary alicyclic amines) is 1. The van der Waals surface area contributed by atoms with Crippen LogP contribution in [0.15, 0.2) is 24.3 Å². The van der Waals surface area contributed by atoms with Gasteiger partial charge in [-0.25, -0.2) is 0 Å². The standard InChI is InChI=1S/C11H13ClN2O/c1-14-10(6-9(13)11(14)15)7-3-2-4-8(12)5-7/h2-5,9-10H,6,13H2,1H3/t9-,10+/m1/s1. The van der Waals surface area contributed by atoms with Crippen molar-refractivity contribution in [3.05, 3.63) is 34.9 Å². The molecule has 2 rings (SSSR count).